The Morgan fingerprint density at radius 2 is 1.70 bits per heavy atom. The van der Waals surface area contributed by atoms with E-state index in [2.05, 4.69) is 15.6 Å². The third-order valence-electron chi connectivity index (χ3n) is 6.41. The lowest BCUT2D eigenvalue weighted by atomic mass is 9.84. The van der Waals surface area contributed by atoms with E-state index < -0.39 is 29.5 Å². The molecule has 0 spiro atoms. The van der Waals surface area contributed by atoms with E-state index in [0.717, 1.165) is 37.8 Å². The topological polar surface area (TPSA) is 115 Å². The number of ether oxygens (including phenoxy) is 2. The average molecular weight is 517 g/mol. The van der Waals surface area contributed by atoms with E-state index in [0.29, 0.717) is 35.0 Å². The third-order valence-corrected chi connectivity index (χ3v) is 6.41. The number of carbonyl (C=O) groups excluding carboxylic acids is 2. The Kier molecular flexibility index (Phi) is 10.2. The second-order valence-electron chi connectivity index (χ2n) is 9.15. The molecule has 200 valence electrons. The summed E-state index contributed by atoms with van der Waals surface area (Å²) < 4.78 is 37.2. The lowest BCUT2D eigenvalue weighted by Gasteiger charge is -2.24. The minimum Gasteiger partial charge on any atom is -0.493 e. The number of carbonyl (C=O) groups is 2. The number of benzene rings is 2. The van der Waals surface area contributed by atoms with Crippen molar-refractivity contribution in [2.24, 2.45) is 16.6 Å². The van der Waals surface area contributed by atoms with Crippen molar-refractivity contribution in [2.45, 2.75) is 57.5 Å². The fourth-order valence-electron chi connectivity index (χ4n) is 4.48. The Labute approximate surface area is 215 Å². The van der Waals surface area contributed by atoms with E-state index in [1.807, 2.05) is 0 Å². The summed E-state index contributed by atoms with van der Waals surface area (Å²) in [6.07, 6.45) is 5.84. The number of rotatable bonds is 10. The van der Waals surface area contributed by atoms with Crippen molar-refractivity contribution in [3.05, 3.63) is 59.2 Å². The van der Waals surface area contributed by atoms with E-state index in [-0.39, 0.29) is 18.9 Å². The summed E-state index contributed by atoms with van der Waals surface area (Å²) in [7, 11) is 3.04. The average Bonchev–Trinajstić information content (AvgIpc) is 2.89. The molecule has 0 aromatic heterocycles. The largest absolute Gasteiger partial charge is 0.493 e. The molecular formula is C27H34F2N4O4. The highest BCUT2D eigenvalue weighted by Gasteiger charge is 2.25. The first-order valence-electron chi connectivity index (χ1n) is 12.3. The molecular weight excluding hydrogens is 482 g/mol. The zero-order valence-corrected chi connectivity index (χ0v) is 21.2. The molecule has 1 fully saturated rings. The van der Waals surface area contributed by atoms with Crippen LogP contribution in [0.2, 0.25) is 0 Å². The van der Waals surface area contributed by atoms with Gasteiger partial charge >= 0.3 is 0 Å². The Morgan fingerprint density at radius 1 is 1.00 bits per heavy atom. The summed E-state index contributed by atoms with van der Waals surface area (Å²) in [5.41, 5.74) is 7.13. The molecule has 10 heteroatoms. The van der Waals surface area contributed by atoms with Gasteiger partial charge in [0.15, 0.2) is 29.1 Å². The van der Waals surface area contributed by atoms with Gasteiger partial charge in [-0.1, -0.05) is 44.2 Å². The SMILES string of the molecule is COc1ccc(CC(=O)NC(N)=NC(CC2CCCCC2)C(=O)NCc2ccc(F)c(F)c2)cc1OC. The molecule has 37 heavy (non-hydrogen) atoms. The number of amides is 2. The molecule has 0 aliphatic heterocycles. The van der Waals surface area contributed by atoms with E-state index in [4.69, 9.17) is 15.2 Å². The molecule has 4 N–H and O–H groups in total. The van der Waals surface area contributed by atoms with E-state index in [1.165, 1.54) is 26.7 Å². The number of aliphatic imine (C=N–C) groups is 1. The molecule has 2 aromatic rings. The Morgan fingerprint density at radius 3 is 2.38 bits per heavy atom. The van der Waals surface area contributed by atoms with Crippen molar-refractivity contribution in [3.8, 4) is 11.5 Å². The first kappa shape index (κ1) is 27.9. The van der Waals surface area contributed by atoms with Gasteiger partial charge in [0.05, 0.1) is 20.6 Å². The van der Waals surface area contributed by atoms with Gasteiger partial charge in [-0.15, -0.1) is 0 Å². The Hall–Kier alpha value is -3.69. The molecule has 3 rings (SSSR count). The van der Waals surface area contributed by atoms with Gasteiger partial charge in [-0.25, -0.2) is 13.8 Å². The van der Waals surface area contributed by atoms with Crippen molar-refractivity contribution in [1.82, 2.24) is 10.6 Å². The summed E-state index contributed by atoms with van der Waals surface area (Å²) in [5.74, 6) is -1.52. The second-order valence-corrected chi connectivity index (χ2v) is 9.15. The van der Waals surface area contributed by atoms with Crippen LogP contribution in [0.25, 0.3) is 0 Å². The molecule has 8 nitrogen and oxygen atoms in total. The number of nitrogens with one attached hydrogen (secondary N) is 2. The maximum atomic E-state index is 13.5. The molecule has 1 atom stereocenters. The van der Waals surface area contributed by atoms with Crippen LogP contribution in [-0.4, -0.2) is 38.0 Å². The maximum absolute atomic E-state index is 13.5. The van der Waals surface area contributed by atoms with Crippen LogP contribution in [0.15, 0.2) is 41.4 Å². The highest BCUT2D eigenvalue weighted by Crippen LogP contribution is 2.29. The van der Waals surface area contributed by atoms with Gasteiger partial charge in [0.25, 0.3) is 0 Å². The third kappa shape index (κ3) is 8.44. The number of nitrogens with zero attached hydrogens (tertiary/aromatic N) is 1. The van der Waals surface area contributed by atoms with Crippen LogP contribution in [0, 0.1) is 17.6 Å². The van der Waals surface area contributed by atoms with Crippen molar-refractivity contribution in [2.75, 3.05) is 14.2 Å². The minimum absolute atomic E-state index is 0.0122. The molecule has 1 aliphatic rings. The monoisotopic (exact) mass is 516 g/mol. The minimum atomic E-state index is -0.982. The lowest BCUT2D eigenvalue weighted by molar-refractivity contribution is -0.123. The first-order valence-corrected chi connectivity index (χ1v) is 12.3. The number of nitrogens with two attached hydrogens (primary N) is 1. The van der Waals surface area contributed by atoms with Gasteiger partial charge in [0.1, 0.15) is 6.04 Å². The Balaban J connectivity index is 1.66. The number of hydrogen-bond donors (Lipinski definition) is 3. The molecule has 1 saturated carbocycles. The molecule has 2 amide bonds. The van der Waals surface area contributed by atoms with Crippen molar-refractivity contribution in [1.29, 1.82) is 0 Å². The van der Waals surface area contributed by atoms with Gasteiger partial charge in [0, 0.05) is 6.54 Å². The van der Waals surface area contributed by atoms with Crippen LogP contribution in [0.5, 0.6) is 11.5 Å². The molecule has 0 bridgehead atoms. The molecule has 1 unspecified atom stereocenters. The zero-order chi connectivity index (χ0) is 26.8. The molecule has 0 heterocycles. The Bertz CT molecular complexity index is 1120. The number of guanidine groups is 1. The van der Waals surface area contributed by atoms with Gasteiger partial charge in [-0.05, 0) is 47.7 Å². The predicted molar refractivity (Wildman–Crippen MR) is 136 cm³/mol. The highest BCUT2D eigenvalue weighted by molar-refractivity contribution is 5.98. The molecule has 0 radical (unpaired) electrons. The van der Waals surface area contributed by atoms with Crippen LogP contribution in [0.4, 0.5) is 8.78 Å². The zero-order valence-electron chi connectivity index (χ0n) is 21.2. The summed E-state index contributed by atoms with van der Waals surface area (Å²) in [6.45, 7) is 0.0122. The summed E-state index contributed by atoms with van der Waals surface area (Å²) >= 11 is 0. The van der Waals surface area contributed by atoms with Crippen LogP contribution in [0.3, 0.4) is 0 Å². The van der Waals surface area contributed by atoms with Gasteiger partial charge < -0.3 is 20.5 Å². The fourth-order valence-corrected chi connectivity index (χ4v) is 4.48. The standard InChI is InChI=1S/C27H34F2N4O4/c1-36-23-11-9-18(14-24(23)37-2)15-25(34)33-27(30)32-22(13-17-6-4-3-5-7-17)26(35)31-16-19-8-10-20(28)21(29)12-19/h8-12,14,17,22H,3-7,13,15-16H2,1-2H3,(H,31,35)(H3,30,32,33,34). The van der Waals surface area contributed by atoms with Gasteiger partial charge in [0.2, 0.25) is 11.8 Å². The number of methoxy groups -OCH3 is 2. The fraction of sp³-hybridized carbons (Fsp3) is 0.444. The summed E-state index contributed by atoms with van der Waals surface area (Å²) in [4.78, 5) is 29.9. The summed E-state index contributed by atoms with van der Waals surface area (Å²) in [6, 6.07) is 7.78. The molecule has 2 aromatic carbocycles. The number of hydrogen-bond acceptors (Lipinski definition) is 5. The maximum Gasteiger partial charge on any atom is 0.245 e. The summed E-state index contributed by atoms with van der Waals surface area (Å²) in [5, 5.41) is 5.28. The lowest BCUT2D eigenvalue weighted by Crippen LogP contribution is -2.42. The van der Waals surface area contributed by atoms with Crippen LogP contribution < -0.4 is 25.8 Å². The second kappa shape index (κ2) is 13.6. The van der Waals surface area contributed by atoms with Crippen LogP contribution in [-0.2, 0) is 22.6 Å². The van der Waals surface area contributed by atoms with Crippen molar-refractivity contribution < 1.29 is 27.8 Å². The normalized spacial score (nSPS) is 15.1. The smallest absolute Gasteiger partial charge is 0.245 e. The van der Waals surface area contributed by atoms with Crippen molar-refractivity contribution in [3.63, 3.8) is 0 Å². The quantitative estimate of drug-likeness (QED) is 0.330. The van der Waals surface area contributed by atoms with Gasteiger partial charge in [-0.3, -0.25) is 14.9 Å². The van der Waals surface area contributed by atoms with Crippen LogP contribution in [0.1, 0.15) is 49.7 Å². The van der Waals surface area contributed by atoms with E-state index in [1.54, 1.807) is 18.2 Å². The molecule has 0 saturated heterocycles. The number of halogens is 2. The van der Waals surface area contributed by atoms with E-state index in [9.17, 15) is 18.4 Å². The predicted octanol–water partition coefficient (Wildman–Crippen LogP) is 3.61. The van der Waals surface area contributed by atoms with Crippen molar-refractivity contribution >= 4 is 17.8 Å². The highest BCUT2D eigenvalue weighted by atomic mass is 19.2. The van der Waals surface area contributed by atoms with Gasteiger partial charge in [-0.2, -0.15) is 0 Å². The first-order chi connectivity index (χ1) is 17.8. The van der Waals surface area contributed by atoms with Crippen LogP contribution >= 0.6 is 0 Å². The van der Waals surface area contributed by atoms with E-state index >= 15 is 0 Å². The molecule has 1 aliphatic carbocycles.